The Morgan fingerprint density at radius 3 is 1.42 bits per heavy atom. The van der Waals surface area contributed by atoms with E-state index in [2.05, 4.69) is 25.3 Å². The van der Waals surface area contributed by atoms with Crippen molar-refractivity contribution >= 4 is 11.9 Å². The normalized spacial score (nSPS) is 10.3. The van der Waals surface area contributed by atoms with Gasteiger partial charge in [-0.2, -0.15) is 0 Å². The van der Waals surface area contributed by atoms with Gasteiger partial charge in [0, 0.05) is 12.2 Å². The molecule has 0 radical (unpaired) electrons. The van der Waals surface area contributed by atoms with Gasteiger partial charge in [0.25, 0.3) is 0 Å². The predicted octanol–water partition coefficient (Wildman–Crippen LogP) is 6.39. The Balaban J connectivity index is 1.54. The van der Waals surface area contributed by atoms with E-state index in [1.54, 1.807) is 12.1 Å². The van der Waals surface area contributed by atoms with Crippen LogP contribution in [0.1, 0.15) is 56.1 Å². The van der Waals surface area contributed by atoms with Crippen molar-refractivity contribution in [3.63, 3.8) is 0 Å². The molecule has 0 amide bonds. The molecular weight excluding hydrogens is 388 g/mol. The van der Waals surface area contributed by atoms with E-state index < -0.39 is 11.9 Å². The molecule has 2 aromatic carbocycles. The van der Waals surface area contributed by atoms with Crippen LogP contribution in [-0.4, -0.2) is 11.9 Å². The van der Waals surface area contributed by atoms with E-state index in [-0.39, 0.29) is 0 Å². The molecule has 0 aliphatic carbocycles. The molecular formula is C27H32O4. The first-order valence-corrected chi connectivity index (χ1v) is 11.0. The first kappa shape index (κ1) is 24.1. The lowest BCUT2D eigenvalue weighted by molar-refractivity contribution is -0.129. The summed E-state index contributed by atoms with van der Waals surface area (Å²) in [4.78, 5) is 22.6. The van der Waals surface area contributed by atoms with Crippen molar-refractivity contribution < 1.29 is 19.1 Å². The minimum Gasteiger partial charge on any atom is -0.423 e. The van der Waals surface area contributed by atoms with E-state index in [0.717, 1.165) is 25.7 Å². The summed E-state index contributed by atoms with van der Waals surface area (Å²) in [5, 5.41) is 0. The summed E-state index contributed by atoms with van der Waals surface area (Å²) < 4.78 is 10.3. The summed E-state index contributed by atoms with van der Waals surface area (Å²) in [5.41, 5.74) is 2.38. The van der Waals surface area contributed by atoms with E-state index in [4.69, 9.17) is 9.47 Å². The van der Waals surface area contributed by atoms with E-state index in [1.165, 1.54) is 55.4 Å². The van der Waals surface area contributed by atoms with E-state index in [9.17, 15) is 9.59 Å². The summed E-state index contributed by atoms with van der Waals surface area (Å²) in [7, 11) is 0. The highest BCUT2D eigenvalue weighted by atomic mass is 16.5. The quantitative estimate of drug-likeness (QED) is 0.154. The van der Waals surface area contributed by atoms with Gasteiger partial charge in [-0.15, -0.1) is 0 Å². The molecule has 4 heteroatoms. The van der Waals surface area contributed by atoms with Crippen LogP contribution >= 0.6 is 0 Å². The summed E-state index contributed by atoms with van der Waals surface area (Å²) >= 11 is 0. The molecule has 2 rings (SSSR count). The number of benzene rings is 2. The minimum atomic E-state index is -0.430. The first-order chi connectivity index (χ1) is 15.1. The number of hydrogen-bond acceptors (Lipinski definition) is 4. The van der Waals surface area contributed by atoms with Crippen molar-refractivity contribution in [1.82, 2.24) is 0 Å². The molecule has 0 fully saturated rings. The van der Waals surface area contributed by atoms with Crippen molar-refractivity contribution in [3.05, 3.63) is 85.0 Å². The zero-order valence-electron chi connectivity index (χ0n) is 18.2. The second-order valence-corrected chi connectivity index (χ2v) is 7.52. The highest BCUT2D eigenvalue weighted by molar-refractivity contribution is 5.83. The van der Waals surface area contributed by atoms with Gasteiger partial charge in [-0.05, 0) is 61.1 Å². The number of carbonyl (C=O) groups excluding carboxylic acids is 2. The van der Waals surface area contributed by atoms with E-state index >= 15 is 0 Å². The molecule has 0 unspecified atom stereocenters. The van der Waals surface area contributed by atoms with Gasteiger partial charge >= 0.3 is 11.9 Å². The lowest BCUT2D eigenvalue weighted by atomic mass is 10.0. The van der Waals surface area contributed by atoms with E-state index in [1.807, 2.05) is 24.3 Å². The number of esters is 2. The molecule has 4 nitrogen and oxygen atoms in total. The third kappa shape index (κ3) is 9.94. The lowest BCUT2D eigenvalue weighted by Crippen LogP contribution is -2.03. The molecule has 0 atom stereocenters. The average Bonchev–Trinajstić information content (AvgIpc) is 2.78. The zero-order chi connectivity index (χ0) is 22.3. The Kier molecular flexibility index (Phi) is 10.9. The monoisotopic (exact) mass is 420 g/mol. The fourth-order valence-electron chi connectivity index (χ4n) is 3.39. The van der Waals surface area contributed by atoms with Crippen molar-refractivity contribution in [1.29, 1.82) is 0 Å². The summed E-state index contributed by atoms with van der Waals surface area (Å²) in [6.07, 6.45) is 12.7. The molecule has 2 aromatic rings. The largest absolute Gasteiger partial charge is 0.423 e. The van der Waals surface area contributed by atoms with Gasteiger partial charge in [-0.25, -0.2) is 9.59 Å². The fraction of sp³-hybridized carbons (Fsp3) is 0.333. The molecule has 0 aromatic heterocycles. The molecule has 0 saturated carbocycles. The number of aryl methyl sites for hydroxylation is 2. The van der Waals surface area contributed by atoms with Crippen molar-refractivity contribution in [2.24, 2.45) is 0 Å². The van der Waals surface area contributed by atoms with E-state index in [0.29, 0.717) is 11.5 Å². The molecule has 31 heavy (non-hydrogen) atoms. The summed E-state index contributed by atoms with van der Waals surface area (Å²) in [6.45, 7) is 6.83. The van der Waals surface area contributed by atoms with Crippen LogP contribution in [0, 0.1) is 0 Å². The molecule has 0 N–H and O–H groups in total. The third-order valence-corrected chi connectivity index (χ3v) is 5.00. The van der Waals surface area contributed by atoms with Gasteiger partial charge in [0.05, 0.1) is 0 Å². The van der Waals surface area contributed by atoms with Crippen LogP contribution < -0.4 is 9.47 Å². The van der Waals surface area contributed by atoms with Gasteiger partial charge in [-0.1, -0.05) is 69.5 Å². The fourth-order valence-corrected chi connectivity index (χ4v) is 3.39. The number of ether oxygens (including phenoxy) is 2. The van der Waals surface area contributed by atoms with Gasteiger partial charge in [-0.3, -0.25) is 0 Å². The second-order valence-electron chi connectivity index (χ2n) is 7.52. The van der Waals surface area contributed by atoms with Crippen LogP contribution in [0.5, 0.6) is 11.5 Å². The smallest absolute Gasteiger partial charge is 0.335 e. The average molecular weight is 421 g/mol. The standard InChI is InChI=1S/C27H32O4/c1-3-26(28)30-24-18-12-16-22(20-24)14-10-8-6-5-7-9-11-15-23-17-13-19-25(21-23)31-27(29)4-2/h3-4,12-13,16-21H,1-2,5-11,14-15H2. The van der Waals surface area contributed by atoms with Crippen LogP contribution in [0.25, 0.3) is 0 Å². The predicted molar refractivity (Wildman–Crippen MR) is 124 cm³/mol. The maximum atomic E-state index is 11.3. The maximum Gasteiger partial charge on any atom is 0.335 e. The van der Waals surface area contributed by atoms with Gasteiger partial charge in [0.2, 0.25) is 0 Å². The highest BCUT2D eigenvalue weighted by Crippen LogP contribution is 2.18. The number of carbonyl (C=O) groups is 2. The van der Waals surface area contributed by atoms with Gasteiger partial charge < -0.3 is 9.47 Å². The van der Waals surface area contributed by atoms with Crippen molar-refractivity contribution in [3.8, 4) is 11.5 Å². The minimum absolute atomic E-state index is 0.430. The molecule has 0 heterocycles. The molecule has 0 aliphatic rings. The molecule has 0 aliphatic heterocycles. The summed E-state index contributed by atoms with van der Waals surface area (Å²) in [5.74, 6) is 0.292. The van der Waals surface area contributed by atoms with Crippen molar-refractivity contribution in [2.75, 3.05) is 0 Å². The van der Waals surface area contributed by atoms with Crippen LogP contribution in [0.4, 0.5) is 0 Å². The Labute approximate surface area is 185 Å². The highest BCUT2D eigenvalue weighted by Gasteiger charge is 2.03. The lowest BCUT2D eigenvalue weighted by Gasteiger charge is -2.06. The van der Waals surface area contributed by atoms with Crippen LogP contribution in [0.2, 0.25) is 0 Å². The van der Waals surface area contributed by atoms with Crippen LogP contribution in [0.3, 0.4) is 0 Å². The number of rotatable bonds is 14. The Bertz CT molecular complexity index is 798. The Morgan fingerprint density at radius 2 is 1.03 bits per heavy atom. The first-order valence-electron chi connectivity index (χ1n) is 11.0. The van der Waals surface area contributed by atoms with Gasteiger partial charge in [0.1, 0.15) is 11.5 Å². The van der Waals surface area contributed by atoms with Crippen molar-refractivity contribution in [2.45, 2.75) is 57.8 Å². The van der Waals surface area contributed by atoms with Crippen LogP contribution in [-0.2, 0) is 22.4 Å². The third-order valence-electron chi connectivity index (χ3n) is 5.00. The van der Waals surface area contributed by atoms with Crippen LogP contribution in [0.15, 0.2) is 73.8 Å². The Hall–Kier alpha value is -3.14. The molecule has 0 spiro atoms. The Morgan fingerprint density at radius 1 is 0.645 bits per heavy atom. The zero-order valence-corrected chi connectivity index (χ0v) is 18.2. The summed E-state index contributed by atoms with van der Waals surface area (Å²) in [6, 6.07) is 15.4. The number of unbranched alkanes of at least 4 members (excludes halogenated alkanes) is 6. The number of hydrogen-bond donors (Lipinski definition) is 0. The molecule has 0 saturated heterocycles. The molecule has 164 valence electrons. The molecule has 0 bridgehead atoms. The van der Waals surface area contributed by atoms with Gasteiger partial charge in [0.15, 0.2) is 0 Å². The maximum absolute atomic E-state index is 11.3. The second kappa shape index (κ2) is 14.0. The SMILES string of the molecule is C=CC(=O)Oc1cccc(CCCCCCCCCc2cccc(OC(=O)C=C)c2)c1. The topological polar surface area (TPSA) is 52.6 Å².